The zero-order chi connectivity index (χ0) is 16.0. The Bertz CT molecular complexity index is 530. The van der Waals surface area contributed by atoms with Crippen LogP contribution in [0.2, 0.25) is 0 Å². The molecule has 0 aliphatic carbocycles. The van der Waals surface area contributed by atoms with E-state index in [0.29, 0.717) is 6.07 Å². The van der Waals surface area contributed by atoms with Crippen molar-refractivity contribution in [3.8, 4) is 0 Å². The van der Waals surface area contributed by atoms with Crippen LogP contribution in [-0.4, -0.2) is 31.2 Å². The molecule has 0 unspecified atom stereocenters. The zero-order valence-corrected chi connectivity index (χ0v) is 10.5. The summed E-state index contributed by atoms with van der Waals surface area (Å²) in [6, 6.07) is 2.28. The lowest BCUT2D eigenvalue weighted by molar-refractivity contribution is -0.186. The lowest BCUT2D eigenvalue weighted by atomic mass is 10.2. The molecule has 0 aliphatic heterocycles. The SMILES string of the molecule is O=C(CCNC(=O)c1ccc(F)cc1F)OCC(F)(F)F. The Morgan fingerprint density at radius 1 is 1.19 bits per heavy atom. The molecule has 21 heavy (non-hydrogen) atoms. The summed E-state index contributed by atoms with van der Waals surface area (Å²) in [6.45, 7) is -2.06. The quantitative estimate of drug-likeness (QED) is 0.670. The van der Waals surface area contributed by atoms with Gasteiger partial charge in [-0.3, -0.25) is 9.59 Å². The van der Waals surface area contributed by atoms with Gasteiger partial charge in [0.25, 0.3) is 5.91 Å². The minimum Gasteiger partial charge on any atom is -0.456 e. The molecule has 0 fully saturated rings. The summed E-state index contributed by atoms with van der Waals surface area (Å²) < 4.78 is 65.0. The highest BCUT2D eigenvalue weighted by molar-refractivity contribution is 5.94. The Morgan fingerprint density at radius 3 is 2.43 bits per heavy atom. The molecule has 1 aromatic carbocycles. The number of esters is 1. The monoisotopic (exact) mass is 311 g/mol. The number of carbonyl (C=O) groups excluding carboxylic acids is 2. The van der Waals surface area contributed by atoms with Gasteiger partial charge in [0, 0.05) is 12.6 Å². The fourth-order valence-corrected chi connectivity index (χ4v) is 1.28. The van der Waals surface area contributed by atoms with E-state index in [0.717, 1.165) is 12.1 Å². The maximum absolute atomic E-state index is 13.2. The Balaban J connectivity index is 2.38. The van der Waals surface area contributed by atoms with Crippen LogP contribution in [0.1, 0.15) is 16.8 Å². The Morgan fingerprint density at radius 2 is 1.86 bits per heavy atom. The number of alkyl halides is 3. The Hall–Kier alpha value is -2.19. The molecular formula is C12H10F5NO3. The lowest BCUT2D eigenvalue weighted by Gasteiger charge is -2.08. The first-order valence-corrected chi connectivity index (χ1v) is 5.64. The molecule has 0 heterocycles. The number of halogens is 5. The van der Waals surface area contributed by atoms with Crippen molar-refractivity contribution in [1.29, 1.82) is 0 Å². The third-order valence-corrected chi connectivity index (χ3v) is 2.19. The summed E-state index contributed by atoms with van der Waals surface area (Å²) in [5.41, 5.74) is -0.444. The molecular weight excluding hydrogens is 301 g/mol. The van der Waals surface area contributed by atoms with Crippen molar-refractivity contribution >= 4 is 11.9 Å². The number of hydrogen-bond donors (Lipinski definition) is 1. The molecule has 4 nitrogen and oxygen atoms in total. The van der Waals surface area contributed by atoms with Crippen LogP contribution in [0.25, 0.3) is 0 Å². The van der Waals surface area contributed by atoms with Crippen molar-refractivity contribution in [2.45, 2.75) is 12.6 Å². The van der Waals surface area contributed by atoms with Gasteiger partial charge in [0.2, 0.25) is 0 Å². The van der Waals surface area contributed by atoms with Gasteiger partial charge in [-0.25, -0.2) is 8.78 Å². The number of hydrogen-bond acceptors (Lipinski definition) is 3. The van der Waals surface area contributed by atoms with Crippen molar-refractivity contribution in [3.05, 3.63) is 35.4 Å². The highest BCUT2D eigenvalue weighted by Gasteiger charge is 2.29. The highest BCUT2D eigenvalue weighted by Crippen LogP contribution is 2.14. The molecule has 1 amide bonds. The van der Waals surface area contributed by atoms with Gasteiger partial charge >= 0.3 is 12.1 Å². The number of nitrogens with one attached hydrogen (secondary N) is 1. The predicted molar refractivity (Wildman–Crippen MR) is 60.3 cm³/mol. The lowest BCUT2D eigenvalue weighted by Crippen LogP contribution is -2.28. The second-order valence-electron chi connectivity index (χ2n) is 3.91. The number of rotatable bonds is 5. The molecule has 0 aromatic heterocycles. The van der Waals surface area contributed by atoms with E-state index in [1.807, 2.05) is 0 Å². The van der Waals surface area contributed by atoms with Crippen molar-refractivity contribution < 1.29 is 36.3 Å². The average molecular weight is 311 g/mol. The summed E-state index contributed by atoms with van der Waals surface area (Å²) in [4.78, 5) is 22.4. The van der Waals surface area contributed by atoms with E-state index in [1.165, 1.54) is 0 Å². The number of ether oxygens (including phenoxy) is 1. The maximum atomic E-state index is 13.2. The maximum Gasteiger partial charge on any atom is 0.422 e. The molecule has 0 spiro atoms. The minimum atomic E-state index is -4.63. The van der Waals surface area contributed by atoms with E-state index >= 15 is 0 Å². The third-order valence-electron chi connectivity index (χ3n) is 2.19. The van der Waals surface area contributed by atoms with Crippen LogP contribution in [0.5, 0.6) is 0 Å². The van der Waals surface area contributed by atoms with Crippen molar-refractivity contribution in [3.63, 3.8) is 0 Å². The van der Waals surface area contributed by atoms with Crippen molar-refractivity contribution in [2.24, 2.45) is 0 Å². The molecule has 116 valence electrons. The van der Waals surface area contributed by atoms with Gasteiger partial charge in [0.15, 0.2) is 6.61 Å². The molecule has 0 bridgehead atoms. The van der Waals surface area contributed by atoms with Crippen molar-refractivity contribution in [2.75, 3.05) is 13.2 Å². The van der Waals surface area contributed by atoms with Crippen LogP contribution in [0.3, 0.4) is 0 Å². The number of amides is 1. The van der Waals surface area contributed by atoms with Gasteiger partial charge in [-0.1, -0.05) is 0 Å². The predicted octanol–water partition coefficient (Wildman–Crippen LogP) is 2.19. The van der Waals surface area contributed by atoms with Crippen LogP contribution in [0.15, 0.2) is 18.2 Å². The fraction of sp³-hybridized carbons (Fsp3) is 0.333. The van der Waals surface area contributed by atoms with Gasteiger partial charge in [-0.15, -0.1) is 0 Å². The minimum absolute atomic E-state index is 0.341. The zero-order valence-electron chi connectivity index (χ0n) is 10.5. The van der Waals surface area contributed by atoms with Crippen LogP contribution in [-0.2, 0) is 9.53 Å². The summed E-state index contributed by atoms with van der Waals surface area (Å²) in [7, 11) is 0. The first kappa shape index (κ1) is 16.9. The van der Waals surface area contributed by atoms with Gasteiger partial charge in [0.1, 0.15) is 11.6 Å². The van der Waals surface area contributed by atoms with E-state index < -0.39 is 48.3 Å². The highest BCUT2D eigenvalue weighted by atomic mass is 19.4. The molecule has 1 rings (SSSR count). The van der Waals surface area contributed by atoms with Crippen LogP contribution >= 0.6 is 0 Å². The Kier molecular flexibility index (Phi) is 5.62. The molecule has 1 aromatic rings. The number of benzene rings is 1. The standard InChI is InChI=1S/C12H10F5NO3/c13-7-1-2-8(9(14)5-7)11(20)18-4-3-10(19)21-6-12(15,16)17/h1-2,5H,3-4,6H2,(H,18,20). The fourth-order valence-electron chi connectivity index (χ4n) is 1.28. The van der Waals surface area contributed by atoms with E-state index in [9.17, 15) is 31.5 Å². The molecule has 1 N–H and O–H groups in total. The van der Waals surface area contributed by atoms with Crippen LogP contribution in [0.4, 0.5) is 22.0 Å². The Labute approximate surface area is 115 Å². The average Bonchev–Trinajstić information content (AvgIpc) is 2.35. The van der Waals surface area contributed by atoms with Gasteiger partial charge < -0.3 is 10.1 Å². The molecule has 0 saturated carbocycles. The number of carbonyl (C=O) groups is 2. The normalized spacial score (nSPS) is 11.1. The third kappa shape index (κ3) is 6.19. The topological polar surface area (TPSA) is 55.4 Å². The van der Waals surface area contributed by atoms with Gasteiger partial charge in [0.05, 0.1) is 12.0 Å². The summed E-state index contributed by atoms with van der Waals surface area (Å²) >= 11 is 0. The summed E-state index contributed by atoms with van der Waals surface area (Å²) in [5, 5.41) is 2.10. The van der Waals surface area contributed by atoms with E-state index in [2.05, 4.69) is 10.1 Å². The molecule has 0 saturated heterocycles. The molecule has 0 aliphatic rings. The van der Waals surface area contributed by atoms with Gasteiger partial charge in [-0.05, 0) is 12.1 Å². The van der Waals surface area contributed by atoms with E-state index in [4.69, 9.17) is 0 Å². The van der Waals surface area contributed by atoms with Crippen molar-refractivity contribution in [1.82, 2.24) is 5.32 Å². The largest absolute Gasteiger partial charge is 0.456 e. The first-order valence-electron chi connectivity index (χ1n) is 5.64. The van der Waals surface area contributed by atoms with E-state index in [-0.39, 0.29) is 6.54 Å². The van der Waals surface area contributed by atoms with Crippen LogP contribution in [0, 0.1) is 11.6 Å². The molecule has 9 heteroatoms. The second kappa shape index (κ2) is 7.00. The first-order chi connectivity index (χ1) is 9.69. The van der Waals surface area contributed by atoms with Gasteiger partial charge in [-0.2, -0.15) is 13.2 Å². The second-order valence-corrected chi connectivity index (χ2v) is 3.91. The summed E-state index contributed by atoms with van der Waals surface area (Å²) in [5.74, 6) is -4.03. The van der Waals surface area contributed by atoms with Crippen LogP contribution < -0.4 is 5.32 Å². The molecule has 0 atom stereocenters. The summed E-state index contributed by atoms with van der Waals surface area (Å²) in [6.07, 6.45) is -5.14. The van der Waals surface area contributed by atoms with E-state index in [1.54, 1.807) is 0 Å². The molecule has 0 radical (unpaired) electrons. The smallest absolute Gasteiger partial charge is 0.422 e.